The Labute approximate surface area is 122 Å². The molecule has 0 aliphatic heterocycles. The minimum atomic E-state index is -0.221. The van der Waals surface area contributed by atoms with Crippen molar-refractivity contribution in [1.29, 1.82) is 0 Å². The van der Waals surface area contributed by atoms with Crippen LogP contribution >= 0.6 is 0 Å². The van der Waals surface area contributed by atoms with Crippen LogP contribution in [0.2, 0.25) is 0 Å². The number of benzene rings is 1. The number of nitrogens with two attached hydrogens (primary N) is 1. The van der Waals surface area contributed by atoms with Crippen LogP contribution in [0.1, 0.15) is 17.2 Å². The SMILES string of the molecule is COc1ncccc1C(NN)c1cccc2ccncc12. The molecule has 1 unspecified atom stereocenters. The summed E-state index contributed by atoms with van der Waals surface area (Å²) in [4.78, 5) is 8.45. The molecule has 0 bridgehead atoms. The van der Waals surface area contributed by atoms with Gasteiger partial charge in [-0.15, -0.1) is 0 Å². The van der Waals surface area contributed by atoms with Gasteiger partial charge in [-0.05, 0) is 23.1 Å². The van der Waals surface area contributed by atoms with Crippen LogP contribution in [0.15, 0.2) is 55.0 Å². The van der Waals surface area contributed by atoms with Crippen LogP contribution < -0.4 is 16.0 Å². The molecule has 3 rings (SSSR count). The van der Waals surface area contributed by atoms with Crippen molar-refractivity contribution in [3.63, 3.8) is 0 Å². The summed E-state index contributed by atoms with van der Waals surface area (Å²) < 4.78 is 5.34. The lowest BCUT2D eigenvalue weighted by atomic mass is 9.96. The molecule has 106 valence electrons. The number of methoxy groups -OCH3 is 1. The summed E-state index contributed by atoms with van der Waals surface area (Å²) in [7, 11) is 1.60. The minimum absolute atomic E-state index is 0.221. The van der Waals surface area contributed by atoms with Gasteiger partial charge in [0.25, 0.3) is 0 Å². The molecule has 0 aliphatic rings. The van der Waals surface area contributed by atoms with Crippen molar-refractivity contribution in [3.8, 4) is 5.88 Å². The van der Waals surface area contributed by atoms with Gasteiger partial charge in [0.1, 0.15) is 0 Å². The first-order valence-corrected chi connectivity index (χ1v) is 6.63. The fourth-order valence-corrected chi connectivity index (χ4v) is 2.53. The third-order valence-electron chi connectivity index (χ3n) is 3.50. The van der Waals surface area contributed by atoms with E-state index in [1.807, 2.05) is 36.5 Å². The summed E-state index contributed by atoms with van der Waals surface area (Å²) in [5.74, 6) is 6.35. The summed E-state index contributed by atoms with van der Waals surface area (Å²) in [6.07, 6.45) is 5.32. The van der Waals surface area contributed by atoms with Gasteiger partial charge in [-0.3, -0.25) is 10.8 Å². The van der Waals surface area contributed by atoms with Gasteiger partial charge in [0.05, 0.1) is 13.2 Å². The third kappa shape index (κ3) is 2.44. The van der Waals surface area contributed by atoms with Gasteiger partial charge in [-0.2, -0.15) is 0 Å². The predicted molar refractivity (Wildman–Crippen MR) is 81.7 cm³/mol. The highest BCUT2D eigenvalue weighted by molar-refractivity contribution is 5.85. The fourth-order valence-electron chi connectivity index (χ4n) is 2.53. The second-order valence-electron chi connectivity index (χ2n) is 4.65. The number of nitrogens with zero attached hydrogens (tertiary/aromatic N) is 2. The highest BCUT2D eigenvalue weighted by Crippen LogP contribution is 2.31. The zero-order valence-corrected chi connectivity index (χ0v) is 11.7. The first-order valence-electron chi connectivity index (χ1n) is 6.63. The number of fused-ring (bicyclic) bond motifs is 1. The number of hydrazine groups is 1. The van der Waals surface area contributed by atoms with Crippen molar-refractivity contribution in [1.82, 2.24) is 15.4 Å². The standard InChI is InChI=1S/C16H16N4O/c1-21-16-13(6-3-8-19-16)15(20-17)12-5-2-4-11-7-9-18-10-14(11)12/h2-10,15,20H,17H2,1H3. The molecule has 0 radical (unpaired) electrons. The summed E-state index contributed by atoms with van der Waals surface area (Å²) in [6, 6.07) is 11.7. The molecule has 5 heteroatoms. The fraction of sp³-hybridized carbons (Fsp3) is 0.125. The lowest BCUT2D eigenvalue weighted by Gasteiger charge is -2.20. The van der Waals surface area contributed by atoms with Crippen LogP contribution in [0.3, 0.4) is 0 Å². The van der Waals surface area contributed by atoms with E-state index in [0.29, 0.717) is 5.88 Å². The Morgan fingerprint density at radius 2 is 1.95 bits per heavy atom. The monoisotopic (exact) mass is 280 g/mol. The van der Waals surface area contributed by atoms with E-state index in [4.69, 9.17) is 10.6 Å². The number of ether oxygens (including phenoxy) is 1. The Bertz CT molecular complexity index is 755. The topological polar surface area (TPSA) is 73.1 Å². The van der Waals surface area contributed by atoms with Gasteiger partial charge in [0.15, 0.2) is 0 Å². The van der Waals surface area contributed by atoms with E-state index in [1.165, 1.54) is 0 Å². The minimum Gasteiger partial charge on any atom is -0.481 e. The van der Waals surface area contributed by atoms with Crippen LogP contribution in [0, 0.1) is 0 Å². The van der Waals surface area contributed by atoms with E-state index < -0.39 is 0 Å². The van der Waals surface area contributed by atoms with Gasteiger partial charge in [0, 0.05) is 29.5 Å². The first kappa shape index (κ1) is 13.5. The molecule has 1 atom stereocenters. The van der Waals surface area contributed by atoms with E-state index in [1.54, 1.807) is 19.5 Å². The molecular formula is C16H16N4O. The van der Waals surface area contributed by atoms with E-state index in [2.05, 4.69) is 21.5 Å². The van der Waals surface area contributed by atoms with Crippen molar-refractivity contribution in [2.24, 2.45) is 5.84 Å². The summed E-state index contributed by atoms with van der Waals surface area (Å²) >= 11 is 0. The maximum Gasteiger partial charge on any atom is 0.218 e. The van der Waals surface area contributed by atoms with Crippen molar-refractivity contribution >= 4 is 10.8 Å². The molecule has 0 fully saturated rings. The number of pyridine rings is 2. The lowest BCUT2D eigenvalue weighted by Crippen LogP contribution is -2.29. The van der Waals surface area contributed by atoms with Crippen LogP contribution in [0.5, 0.6) is 5.88 Å². The second kappa shape index (κ2) is 5.87. The van der Waals surface area contributed by atoms with Gasteiger partial charge < -0.3 is 4.74 Å². The van der Waals surface area contributed by atoms with Crippen molar-refractivity contribution in [2.75, 3.05) is 7.11 Å². The van der Waals surface area contributed by atoms with Crippen LogP contribution in [0.4, 0.5) is 0 Å². The molecule has 0 aliphatic carbocycles. The molecule has 5 nitrogen and oxygen atoms in total. The smallest absolute Gasteiger partial charge is 0.218 e. The normalized spacial score (nSPS) is 12.3. The average Bonchev–Trinajstić information content (AvgIpc) is 2.56. The number of hydrogen-bond donors (Lipinski definition) is 2. The van der Waals surface area contributed by atoms with Crippen molar-refractivity contribution in [3.05, 3.63) is 66.1 Å². The van der Waals surface area contributed by atoms with E-state index in [9.17, 15) is 0 Å². The van der Waals surface area contributed by atoms with Crippen LogP contribution in [-0.4, -0.2) is 17.1 Å². The number of aromatic nitrogens is 2. The number of rotatable bonds is 4. The molecule has 2 aromatic heterocycles. The Morgan fingerprint density at radius 1 is 1.10 bits per heavy atom. The largest absolute Gasteiger partial charge is 0.481 e. The number of nitrogens with one attached hydrogen (secondary N) is 1. The lowest BCUT2D eigenvalue weighted by molar-refractivity contribution is 0.387. The van der Waals surface area contributed by atoms with Crippen LogP contribution in [0.25, 0.3) is 10.8 Å². The Kier molecular flexibility index (Phi) is 3.77. The maximum absolute atomic E-state index is 5.80. The zero-order valence-electron chi connectivity index (χ0n) is 11.7. The van der Waals surface area contributed by atoms with E-state index in [-0.39, 0.29) is 6.04 Å². The van der Waals surface area contributed by atoms with E-state index in [0.717, 1.165) is 21.9 Å². The highest BCUT2D eigenvalue weighted by atomic mass is 16.5. The predicted octanol–water partition coefficient (Wildman–Crippen LogP) is 2.19. The van der Waals surface area contributed by atoms with Crippen molar-refractivity contribution in [2.45, 2.75) is 6.04 Å². The molecule has 0 amide bonds. The Hall–Kier alpha value is -2.50. The second-order valence-corrected chi connectivity index (χ2v) is 4.65. The molecule has 21 heavy (non-hydrogen) atoms. The Balaban J connectivity index is 2.19. The van der Waals surface area contributed by atoms with Gasteiger partial charge >= 0.3 is 0 Å². The molecule has 0 saturated carbocycles. The first-order chi connectivity index (χ1) is 10.3. The van der Waals surface area contributed by atoms with Gasteiger partial charge in [0.2, 0.25) is 5.88 Å². The average molecular weight is 280 g/mol. The molecule has 0 saturated heterocycles. The van der Waals surface area contributed by atoms with Gasteiger partial charge in [-0.1, -0.05) is 24.3 Å². The third-order valence-corrected chi connectivity index (χ3v) is 3.50. The quantitative estimate of drug-likeness (QED) is 0.566. The molecule has 3 N–H and O–H groups in total. The zero-order chi connectivity index (χ0) is 14.7. The summed E-state index contributed by atoms with van der Waals surface area (Å²) in [5.41, 5.74) is 4.78. The van der Waals surface area contributed by atoms with Gasteiger partial charge in [-0.25, -0.2) is 10.4 Å². The van der Waals surface area contributed by atoms with Crippen LogP contribution in [-0.2, 0) is 0 Å². The molecule has 1 aromatic carbocycles. The molecular weight excluding hydrogens is 264 g/mol. The van der Waals surface area contributed by atoms with Crippen molar-refractivity contribution < 1.29 is 4.74 Å². The number of hydrogen-bond acceptors (Lipinski definition) is 5. The molecule has 2 heterocycles. The highest BCUT2D eigenvalue weighted by Gasteiger charge is 2.19. The Morgan fingerprint density at radius 3 is 2.76 bits per heavy atom. The summed E-state index contributed by atoms with van der Waals surface area (Å²) in [6.45, 7) is 0. The van der Waals surface area contributed by atoms with E-state index >= 15 is 0 Å². The maximum atomic E-state index is 5.80. The summed E-state index contributed by atoms with van der Waals surface area (Å²) in [5, 5.41) is 2.17. The molecule has 3 aromatic rings. The molecule has 0 spiro atoms.